The van der Waals surface area contributed by atoms with E-state index in [2.05, 4.69) is 262 Å². The van der Waals surface area contributed by atoms with Crippen LogP contribution in [0.2, 0.25) is 0 Å². The smallest absolute Gasteiger partial charge is 0.179 e. The van der Waals surface area contributed by atoms with Gasteiger partial charge < -0.3 is 13.7 Å². The Labute approximate surface area is 372 Å². The van der Waals surface area contributed by atoms with Crippen molar-refractivity contribution < 1.29 is 0 Å². The van der Waals surface area contributed by atoms with Crippen LogP contribution in [-0.2, 0) is 0 Å². The van der Waals surface area contributed by atoms with E-state index in [1.54, 1.807) is 0 Å². The van der Waals surface area contributed by atoms with Crippen LogP contribution in [0.15, 0.2) is 249 Å². The zero-order valence-corrected chi connectivity index (χ0v) is 36.0. The molecule has 3 nitrogen and oxygen atoms in total. The van der Waals surface area contributed by atoms with Crippen LogP contribution >= 0.6 is 0 Å². The average Bonchev–Trinajstić information content (AvgIpc) is 4.01. The number of aromatic nitrogens is 3. The van der Waals surface area contributed by atoms with Crippen LogP contribution in [0.5, 0.6) is 0 Å². The number of rotatable bonds is 7. The van der Waals surface area contributed by atoms with Gasteiger partial charge in [-0.25, -0.2) is 0 Å². The van der Waals surface area contributed by atoms with Gasteiger partial charge in [0.25, 0.3) is 0 Å². The van der Waals surface area contributed by atoms with Gasteiger partial charge in [-0.15, -0.1) is 0 Å². The van der Waals surface area contributed by atoms with Crippen molar-refractivity contribution in [3.05, 3.63) is 249 Å². The molecule has 0 spiro atoms. The van der Waals surface area contributed by atoms with Crippen molar-refractivity contribution >= 4 is 94.2 Å². The molecule has 300 valence electrons. The van der Waals surface area contributed by atoms with E-state index in [0.29, 0.717) is 0 Å². The molecule has 0 aliphatic heterocycles. The summed E-state index contributed by atoms with van der Waals surface area (Å²) in [7, 11) is -2.83. The standard InChI is InChI=1S/C60H41N3Si/c1-3-17-45(18-4-1)64(46-19-5-2-6-20-46,47-36-31-42(32-37-47)61-55-26-12-7-21-49(55)50-22-8-13-27-56(50)61)48-38-33-43(34-39-48)62-59-30-16-11-25-53(59)54-41-44(35-40-60(54)62)63-57-28-14-9-23-51(57)52-24-10-15-29-58(52)63/h1-41H. The molecular weight excluding hydrogens is 791 g/mol. The molecule has 0 radical (unpaired) electrons. The first kappa shape index (κ1) is 36.5. The zero-order chi connectivity index (χ0) is 42.2. The Balaban J connectivity index is 0.983. The van der Waals surface area contributed by atoms with Crippen LogP contribution < -0.4 is 20.7 Å². The topological polar surface area (TPSA) is 14.8 Å². The molecule has 13 rings (SSSR count). The predicted molar refractivity (Wildman–Crippen MR) is 273 cm³/mol. The Bertz CT molecular complexity index is 3730. The monoisotopic (exact) mass is 831 g/mol. The number of hydrogen-bond donors (Lipinski definition) is 0. The molecule has 10 aromatic carbocycles. The summed E-state index contributed by atoms with van der Waals surface area (Å²) in [6, 6.07) is 92.3. The van der Waals surface area contributed by atoms with Crippen LogP contribution in [0.1, 0.15) is 0 Å². The molecule has 0 amide bonds. The SMILES string of the molecule is c1ccc([Si](c2ccccc2)(c2ccc(-n3c4ccccc4c4ccccc43)cc2)c2ccc(-n3c4ccccc4c4cc(-n5c6ccccc6c6ccccc65)ccc43)cc2)cc1. The highest BCUT2D eigenvalue weighted by molar-refractivity contribution is 7.19. The van der Waals surface area contributed by atoms with Crippen molar-refractivity contribution in [2.75, 3.05) is 0 Å². The maximum absolute atomic E-state index is 2.83. The maximum atomic E-state index is 2.44. The molecule has 0 saturated carbocycles. The van der Waals surface area contributed by atoms with E-state index < -0.39 is 8.07 Å². The first-order valence-corrected chi connectivity index (χ1v) is 24.1. The minimum atomic E-state index is -2.83. The van der Waals surface area contributed by atoms with E-state index in [1.165, 1.54) is 86.2 Å². The zero-order valence-electron chi connectivity index (χ0n) is 35.0. The van der Waals surface area contributed by atoms with Gasteiger partial charge in [0.2, 0.25) is 0 Å². The lowest BCUT2D eigenvalue weighted by atomic mass is 10.1. The van der Waals surface area contributed by atoms with E-state index in [0.717, 1.165) is 17.1 Å². The second-order valence-electron chi connectivity index (χ2n) is 16.9. The third kappa shape index (κ3) is 5.33. The van der Waals surface area contributed by atoms with Crippen LogP contribution in [0.3, 0.4) is 0 Å². The lowest BCUT2D eigenvalue weighted by Crippen LogP contribution is -2.74. The number of para-hydroxylation sites is 5. The molecule has 64 heavy (non-hydrogen) atoms. The van der Waals surface area contributed by atoms with Crippen LogP contribution in [0.25, 0.3) is 82.5 Å². The normalized spacial score (nSPS) is 12.1. The van der Waals surface area contributed by atoms with Gasteiger partial charge in [-0.05, 0) is 93.5 Å². The molecule has 0 saturated heterocycles. The summed E-state index contributed by atoms with van der Waals surface area (Å²) in [5.41, 5.74) is 10.7. The summed E-state index contributed by atoms with van der Waals surface area (Å²) in [6.07, 6.45) is 0. The Kier molecular flexibility index (Phi) is 8.23. The van der Waals surface area contributed by atoms with Crippen molar-refractivity contribution in [1.29, 1.82) is 0 Å². The molecular formula is C60H41N3Si. The van der Waals surface area contributed by atoms with Crippen molar-refractivity contribution in [3.8, 4) is 17.1 Å². The third-order valence-corrected chi connectivity index (χ3v) is 18.4. The molecule has 13 aromatic rings. The van der Waals surface area contributed by atoms with E-state index in [-0.39, 0.29) is 0 Å². The van der Waals surface area contributed by atoms with E-state index >= 15 is 0 Å². The summed E-state index contributed by atoms with van der Waals surface area (Å²) in [5.74, 6) is 0. The van der Waals surface area contributed by atoms with Gasteiger partial charge >= 0.3 is 0 Å². The summed E-state index contributed by atoms with van der Waals surface area (Å²) in [4.78, 5) is 0. The summed E-state index contributed by atoms with van der Waals surface area (Å²) in [6.45, 7) is 0. The first-order valence-electron chi connectivity index (χ1n) is 22.1. The Morgan fingerprint density at radius 2 is 0.469 bits per heavy atom. The fourth-order valence-corrected chi connectivity index (χ4v) is 15.6. The highest BCUT2D eigenvalue weighted by Crippen LogP contribution is 2.37. The Morgan fingerprint density at radius 3 is 0.844 bits per heavy atom. The lowest BCUT2D eigenvalue weighted by Gasteiger charge is -2.34. The lowest BCUT2D eigenvalue weighted by molar-refractivity contribution is 1.17. The minimum absolute atomic E-state index is 1.14. The van der Waals surface area contributed by atoms with Crippen molar-refractivity contribution in [2.24, 2.45) is 0 Å². The minimum Gasteiger partial charge on any atom is -0.309 e. The molecule has 0 aliphatic carbocycles. The number of benzene rings is 10. The fraction of sp³-hybridized carbons (Fsp3) is 0. The first-order chi connectivity index (χ1) is 31.8. The molecule has 3 aromatic heterocycles. The second kappa shape index (κ2) is 14.5. The number of hydrogen-bond acceptors (Lipinski definition) is 0. The maximum Gasteiger partial charge on any atom is 0.179 e. The Morgan fingerprint density at radius 1 is 0.203 bits per heavy atom. The number of nitrogens with zero attached hydrogens (tertiary/aromatic N) is 3. The van der Waals surface area contributed by atoms with Gasteiger partial charge in [-0.2, -0.15) is 0 Å². The van der Waals surface area contributed by atoms with Crippen LogP contribution in [-0.4, -0.2) is 21.8 Å². The molecule has 4 heteroatoms. The van der Waals surface area contributed by atoms with Crippen LogP contribution in [0.4, 0.5) is 0 Å². The van der Waals surface area contributed by atoms with Crippen molar-refractivity contribution in [2.45, 2.75) is 0 Å². The van der Waals surface area contributed by atoms with Crippen molar-refractivity contribution in [1.82, 2.24) is 13.7 Å². The van der Waals surface area contributed by atoms with Gasteiger partial charge in [0.05, 0.1) is 33.1 Å². The molecule has 0 unspecified atom stereocenters. The Hall–Kier alpha value is -8.18. The summed E-state index contributed by atoms with van der Waals surface area (Å²) in [5, 5.41) is 12.9. The summed E-state index contributed by atoms with van der Waals surface area (Å²) >= 11 is 0. The van der Waals surface area contributed by atoms with E-state index in [9.17, 15) is 0 Å². The van der Waals surface area contributed by atoms with Gasteiger partial charge in [0.1, 0.15) is 0 Å². The number of fused-ring (bicyclic) bond motifs is 9. The highest BCUT2D eigenvalue weighted by atomic mass is 28.3. The van der Waals surface area contributed by atoms with E-state index in [4.69, 9.17) is 0 Å². The largest absolute Gasteiger partial charge is 0.309 e. The molecule has 3 heterocycles. The third-order valence-electron chi connectivity index (χ3n) is 13.6. The van der Waals surface area contributed by atoms with Gasteiger partial charge in [0.15, 0.2) is 8.07 Å². The summed E-state index contributed by atoms with van der Waals surface area (Å²) < 4.78 is 7.27. The molecule has 0 bridgehead atoms. The molecule has 0 N–H and O–H groups in total. The second-order valence-corrected chi connectivity index (χ2v) is 20.7. The van der Waals surface area contributed by atoms with Crippen LogP contribution in [0, 0.1) is 0 Å². The van der Waals surface area contributed by atoms with Gasteiger partial charge in [0, 0.05) is 49.4 Å². The molecule has 0 fully saturated rings. The van der Waals surface area contributed by atoms with Gasteiger partial charge in [-0.3, -0.25) is 0 Å². The predicted octanol–water partition coefficient (Wildman–Crippen LogP) is 12.4. The quantitative estimate of drug-likeness (QED) is 0.112. The highest BCUT2D eigenvalue weighted by Gasteiger charge is 2.41. The molecule has 0 atom stereocenters. The van der Waals surface area contributed by atoms with E-state index in [1.807, 2.05) is 0 Å². The molecule has 0 aliphatic rings. The average molecular weight is 832 g/mol. The van der Waals surface area contributed by atoms with Gasteiger partial charge in [-0.1, -0.05) is 176 Å². The van der Waals surface area contributed by atoms with Crippen molar-refractivity contribution in [3.63, 3.8) is 0 Å². The fourth-order valence-electron chi connectivity index (χ4n) is 10.9.